The second kappa shape index (κ2) is 3.94. The number of nitrogens with zero attached hydrogens (tertiary/aromatic N) is 4. The van der Waals surface area contributed by atoms with Crippen LogP contribution in [0.25, 0.3) is 11.2 Å². The van der Waals surface area contributed by atoms with Crippen LogP contribution in [0.1, 0.15) is 38.1 Å². The van der Waals surface area contributed by atoms with Crippen LogP contribution in [0, 0.1) is 23.7 Å². The predicted molar refractivity (Wildman–Crippen MR) is 76.4 cm³/mol. The van der Waals surface area contributed by atoms with E-state index in [9.17, 15) is 0 Å². The molecule has 0 radical (unpaired) electrons. The summed E-state index contributed by atoms with van der Waals surface area (Å²) in [7, 11) is 0. The van der Waals surface area contributed by atoms with E-state index in [0.29, 0.717) is 11.2 Å². The first kappa shape index (κ1) is 11.5. The van der Waals surface area contributed by atoms with E-state index in [1.807, 2.05) is 6.33 Å². The van der Waals surface area contributed by atoms with Gasteiger partial charge in [0, 0.05) is 6.04 Å². The summed E-state index contributed by atoms with van der Waals surface area (Å²) in [6.07, 6.45) is 10.6. The Bertz CT molecular complexity index is 652. The van der Waals surface area contributed by atoms with Gasteiger partial charge in [0.15, 0.2) is 10.8 Å². The van der Waals surface area contributed by atoms with Crippen LogP contribution in [0.5, 0.6) is 0 Å². The highest BCUT2D eigenvalue weighted by atomic mass is 35.5. The summed E-state index contributed by atoms with van der Waals surface area (Å²) in [6, 6.07) is 0.582. The fourth-order valence-corrected chi connectivity index (χ4v) is 5.57. The van der Waals surface area contributed by atoms with Crippen molar-refractivity contribution in [2.45, 2.75) is 38.1 Å². The molecule has 2 aromatic heterocycles. The molecule has 4 aliphatic carbocycles. The quantitative estimate of drug-likeness (QED) is 0.755. The highest BCUT2D eigenvalue weighted by Gasteiger charge is 2.49. The molecule has 6 rings (SSSR count). The third kappa shape index (κ3) is 1.46. The van der Waals surface area contributed by atoms with Crippen LogP contribution in [-0.4, -0.2) is 19.5 Å². The molecule has 0 N–H and O–H groups in total. The van der Waals surface area contributed by atoms with Crippen molar-refractivity contribution in [2.75, 3.05) is 0 Å². The molecular formula is C15H17ClN4. The van der Waals surface area contributed by atoms with Crippen LogP contribution in [0.4, 0.5) is 0 Å². The van der Waals surface area contributed by atoms with Gasteiger partial charge in [0.05, 0.1) is 6.33 Å². The van der Waals surface area contributed by atoms with Crippen molar-refractivity contribution in [1.29, 1.82) is 0 Å². The topological polar surface area (TPSA) is 43.6 Å². The first-order valence-corrected chi connectivity index (χ1v) is 8.00. The van der Waals surface area contributed by atoms with E-state index >= 15 is 0 Å². The van der Waals surface area contributed by atoms with Gasteiger partial charge in [0.25, 0.3) is 0 Å². The van der Waals surface area contributed by atoms with Crippen LogP contribution < -0.4 is 0 Å². The molecule has 0 saturated heterocycles. The summed E-state index contributed by atoms with van der Waals surface area (Å²) >= 11 is 6.13. The summed E-state index contributed by atoms with van der Waals surface area (Å²) in [4.78, 5) is 12.9. The van der Waals surface area contributed by atoms with E-state index in [2.05, 4.69) is 19.5 Å². The van der Waals surface area contributed by atoms with Crippen molar-refractivity contribution in [3.8, 4) is 0 Å². The third-order valence-corrected chi connectivity index (χ3v) is 6.09. The number of hydrogen-bond donors (Lipinski definition) is 0. The van der Waals surface area contributed by atoms with Crippen molar-refractivity contribution < 1.29 is 0 Å². The first-order chi connectivity index (χ1) is 9.79. The highest BCUT2D eigenvalue weighted by Crippen LogP contribution is 2.58. The molecular weight excluding hydrogens is 272 g/mol. The largest absolute Gasteiger partial charge is 0.311 e. The maximum Gasteiger partial charge on any atom is 0.165 e. The summed E-state index contributed by atoms with van der Waals surface area (Å²) in [5.41, 5.74) is 1.67. The van der Waals surface area contributed by atoms with Crippen molar-refractivity contribution in [3.63, 3.8) is 0 Å². The fraction of sp³-hybridized carbons (Fsp3) is 0.667. The lowest BCUT2D eigenvalue weighted by Crippen LogP contribution is -2.45. The van der Waals surface area contributed by atoms with E-state index in [1.165, 1.54) is 32.1 Å². The Hall–Kier alpha value is -1.16. The minimum atomic E-state index is 0.470. The molecule has 4 saturated carbocycles. The normalized spacial score (nSPS) is 38.8. The Balaban J connectivity index is 1.63. The average Bonchev–Trinajstić information content (AvgIpc) is 2.83. The second-order valence-corrected chi connectivity index (χ2v) is 7.27. The number of imidazole rings is 1. The number of fused-ring (bicyclic) bond motifs is 1. The fourth-order valence-electron chi connectivity index (χ4n) is 5.39. The minimum Gasteiger partial charge on any atom is -0.311 e. The molecule has 2 heterocycles. The molecule has 20 heavy (non-hydrogen) atoms. The van der Waals surface area contributed by atoms with Crippen molar-refractivity contribution in [2.24, 2.45) is 23.7 Å². The van der Waals surface area contributed by atoms with Crippen molar-refractivity contribution in [3.05, 3.63) is 17.8 Å². The molecule has 0 spiro atoms. The molecule has 0 amide bonds. The Kier molecular flexibility index (Phi) is 2.26. The van der Waals surface area contributed by atoms with Crippen LogP contribution in [0.2, 0.25) is 5.15 Å². The molecule has 4 nitrogen and oxygen atoms in total. The van der Waals surface area contributed by atoms with E-state index in [-0.39, 0.29) is 0 Å². The van der Waals surface area contributed by atoms with E-state index in [1.54, 1.807) is 6.33 Å². The third-order valence-electron chi connectivity index (χ3n) is 5.81. The SMILES string of the molecule is Clc1ncnc2c1ncn2C1C2CC3CC(C2)CC1C3. The van der Waals surface area contributed by atoms with Gasteiger partial charge in [-0.3, -0.25) is 0 Å². The molecule has 0 atom stereocenters. The van der Waals surface area contributed by atoms with Crippen LogP contribution in [0.15, 0.2) is 12.7 Å². The van der Waals surface area contributed by atoms with Gasteiger partial charge < -0.3 is 4.57 Å². The Morgan fingerprint density at radius 3 is 2.35 bits per heavy atom. The lowest BCUT2D eigenvalue weighted by atomic mass is 9.54. The zero-order chi connectivity index (χ0) is 13.3. The predicted octanol–water partition coefficient (Wildman–Crippen LogP) is 3.48. The van der Waals surface area contributed by atoms with Crippen LogP contribution in [-0.2, 0) is 0 Å². The number of rotatable bonds is 1. The lowest BCUT2D eigenvalue weighted by molar-refractivity contribution is -0.0278. The van der Waals surface area contributed by atoms with Gasteiger partial charge in [0.1, 0.15) is 11.8 Å². The standard InChI is InChI=1S/C15H17ClN4/c16-14-12-15(18-6-17-14)20(7-19-12)13-10-2-8-1-9(4-10)5-11(13)3-8/h6-11,13H,1-5H2. The zero-order valence-corrected chi connectivity index (χ0v) is 12.0. The molecule has 0 aromatic carbocycles. The minimum absolute atomic E-state index is 0.470. The summed E-state index contributed by atoms with van der Waals surface area (Å²) in [5, 5.41) is 0.470. The zero-order valence-electron chi connectivity index (χ0n) is 11.2. The van der Waals surface area contributed by atoms with E-state index < -0.39 is 0 Å². The summed E-state index contributed by atoms with van der Waals surface area (Å²) < 4.78 is 2.30. The molecule has 4 aliphatic rings. The summed E-state index contributed by atoms with van der Waals surface area (Å²) in [6.45, 7) is 0. The number of aromatic nitrogens is 4. The second-order valence-electron chi connectivity index (χ2n) is 6.91. The summed E-state index contributed by atoms with van der Waals surface area (Å²) in [5.74, 6) is 3.61. The van der Waals surface area contributed by atoms with E-state index in [4.69, 9.17) is 11.6 Å². The molecule has 0 aliphatic heterocycles. The smallest absolute Gasteiger partial charge is 0.165 e. The molecule has 0 unspecified atom stereocenters. The Labute approximate surface area is 122 Å². The maximum absolute atomic E-state index is 6.13. The number of hydrogen-bond acceptors (Lipinski definition) is 3. The van der Waals surface area contributed by atoms with Gasteiger partial charge >= 0.3 is 0 Å². The lowest BCUT2D eigenvalue weighted by Gasteiger charge is -2.54. The van der Waals surface area contributed by atoms with Gasteiger partial charge in [-0.05, 0) is 55.8 Å². The van der Waals surface area contributed by atoms with Crippen LogP contribution >= 0.6 is 11.6 Å². The van der Waals surface area contributed by atoms with Gasteiger partial charge in [-0.2, -0.15) is 0 Å². The molecule has 4 fully saturated rings. The monoisotopic (exact) mass is 288 g/mol. The van der Waals surface area contributed by atoms with Gasteiger partial charge in [-0.25, -0.2) is 15.0 Å². The Morgan fingerprint density at radius 1 is 0.950 bits per heavy atom. The average molecular weight is 289 g/mol. The van der Waals surface area contributed by atoms with Gasteiger partial charge in [-0.1, -0.05) is 11.6 Å². The molecule has 5 heteroatoms. The van der Waals surface area contributed by atoms with Crippen molar-refractivity contribution >= 4 is 22.8 Å². The van der Waals surface area contributed by atoms with Crippen LogP contribution in [0.3, 0.4) is 0 Å². The molecule has 104 valence electrons. The van der Waals surface area contributed by atoms with E-state index in [0.717, 1.165) is 34.8 Å². The molecule has 2 aromatic rings. The highest BCUT2D eigenvalue weighted by molar-refractivity contribution is 6.33. The first-order valence-electron chi connectivity index (χ1n) is 7.62. The van der Waals surface area contributed by atoms with Crippen molar-refractivity contribution in [1.82, 2.24) is 19.5 Å². The molecule has 4 bridgehead atoms. The van der Waals surface area contributed by atoms with Gasteiger partial charge in [0.2, 0.25) is 0 Å². The Morgan fingerprint density at radius 2 is 1.65 bits per heavy atom. The van der Waals surface area contributed by atoms with Gasteiger partial charge in [-0.15, -0.1) is 0 Å². The maximum atomic E-state index is 6.13. The number of halogens is 1.